The zero-order valence-electron chi connectivity index (χ0n) is 17.1. The van der Waals surface area contributed by atoms with E-state index >= 15 is 4.39 Å². The number of unbranched alkanes of at least 4 members (excludes halogenated alkanes) is 1. The Morgan fingerprint density at radius 2 is 2.10 bits per heavy atom. The minimum absolute atomic E-state index is 0.120. The van der Waals surface area contributed by atoms with Gasteiger partial charge in [0.05, 0.1) is 6.61 Å². The molecular formula is C23H30FNO3S. The number of hydrogen-bond acceptors (Lipinski definition) is 5. The average Bonchev–Trinajstić information content (AvgIpc) is 2.77. The SMILES string of the molecule is CO[C@](CCCCO)(c1cccc(F)c1-c1cccc(SC)c1)[C@H]1CNCCO1. The van der Waals surface area contributed by atoms with Crippen LogP contribution in [0.5, 0.6) is 0 Å². The van der Waals surface area contributed by atoms with Crippen LogP contribution in [0.1, 0.15) is 24.8 Å². The lowest BCUT2D eigenvalue weighted by molar-refractivity contribution is -0.149. The molecule has 1 aliphatic rings. The number of rotatable bonds is 9. The van der Waals surface area contributed by atoms with Crippen LogP contribution in [-0.2, 0) is 15.1 Å². The molecule has 1 saturated heterocycles. The molecular weight excluding hydrogens is 389 g/mol. The first-order chi connectivity index (χ1) is 14.2. The number of methoxy groups -OCH3 is 1. The van der Waals surface area contributed by atoms with Crippen LogP contribution in [0.3, 0.4) is 0 Å². The van der Waals surface area contributed by atoms with E-state index in [1.165, 1.54) is 6.07 Å². The third-order valence-electron chi connectivity index (χ3n) is 5.60. The van der Waals surface area contributed by atoms with E-state index in [-0.39, 0.29) is 18.5 Å². The summed E-state index contributed by atoms with van der Waals surface area (Å²) in [5.41, 5.74) is 1.38. The van der Waals surface area contributed by atoms with Gasteiger partial charge in [-0.1, -0.05) is 24.3 Å². The predicted octanol–water partition coefficient (Wildman–Crippen LogP) is 4.21. The monoisotopic (exact) mass is 419 g/mol. The van der Waals surface area contributed by atoms with Crippen molar-refractivity contribution in [1.29, 1.82) is 0 Å². The van der Waals surface area contributed by atoms with Crippen molar-refractivity contribution in [3.05, 3.63) is 53.8 Å². The van der Waals surface area contributed by atoms with Crippen molar-refractivity contribution in [2.75, 3.05) is 39.7 Å². The van der Waals surface area contributed by atoms with Crippen LogP contribution in [0.25, 0.3) is 11.1 Å². The Morgan fingerprint density at radius 1 is 1.28 bits per heavy atom. The normalized spacial score (nSPS) is 19.1. The van der Waals surface area contributed by atoms with E-state index < -0.39 is 5.60 Å². The van der Waals surface area contributed by atoms with Crippen molar-refractivity contribution in [2.45, 2.75) is 35.9 Å². The summed E-state index contributed by atoms with van der Waals surface area (Å²) in [6, 6.07) is 13.1. The first kappa shape index (κ1) is 22.2. The Hall–Kier alpha value is -1.44. The largest absolute Gasteiger partial charge is 0.396 e. The molecule has 0 aliphatic carbocycles. The Bertz CT molecular complexity index is 797. The lowest BCUT2D eigenvalue weighted by Gasteiger charge is -2.43. The fraction of sp³-hybridized carbons (Fsp3) is 0.478. The molecule has 3 rings (SSSR count). The van der Waals surface area contributed by atoms with Gasteiger partial charge in [-0.25, -0.2) is 4.39 Å². The van der Waals surface area contributed by atoms with Crippen molar-refractivity contribution < 1.29 is 19.0 Å². The lowest BCUT2D eigenvalue weighted by atomic mass is 9.78. The zero-order chi connectivity index (χ0) is 20.7. The third kappa shape index (κ3) is 4.84. The Labute approximate surface area is 176 Å². The number of aliphatic hydroxyl groups is 1. The van der Waals surface area contributed by atoms with Crippen molar-refractivity contribution in [1.82, 2.24) is 5.32 Å². The Kier molecular flexibility index (Phi) is 8.09. The Balaban J connectivity index is 2.15. The zero-order valence-corrected chi connectivity index (χ0v) is 17.9. The highest BCUT2D eigenvalue weighted by Crippen LogP contribution is 2.43. The molecule has 0 aromatic heterocycles. The number of halogens is 1. The highest BCUT2D eigenvalue weighted by Gasteiger charge is 2.44. The number of morpholine rings is 1. The van der Waals surface area contributed by atoms with Crippen molar-refractivity contribution in [2.24, 2.45) is 0 Å². The maximum Gasteiger partial charge on any atom is 0.131 e. The van der Waals surface area contributed by atoms with Gasteiger partial charge < -0.3 is 19.9 Å². The summed E-state index contributed by atoms with van der Waals surface area (Å²) in [5, 5.41) is 12.7. The highest BCUT2D eigenvalue weighted by molar-refractivity contribution is 7.98. The van der Waals surface area contributed by atoms with Gasteiger partial charge in [0.15, 0.2) is 0 Å². The molecule has 6 heteroatoms. The van der Waals surface area contributed by atoms with Gasteiger partial charge in [-0.05, 0) is 54.8 Å². The maximum atomic E-state index is 15.2. The van der Waals surface area contributed by atoms with E-state index in [1.807, 2.05) is 36.6 Å². The number of aliphatic hydroxyl groups excluding tert-OH is 1. The highest BCUT2D eigenvalue weighted by atomic mass is 32.2. The van der Waals surface area contributed by atoms with Crippen molar-refractivity contribution >= 4 is 11.8 Å². The first-order valence-electron chi connectivity index (χ1n) is 10.1. The molecule has 1 aliphatic heterocycles. The van der Waals surface area contributed by atoms with Crippen LogP contribution in [0.4, 0.5) is 4.39 Å². The summed E-state index contributed by atoms with van der Waals surface area (Å²) in [6.07, 6.45) is 3.82. The fourth-order valence-corrected chi connectivity index (χ4v) is 4.59. The molecule has 2 aromatic rings. The second-order valence-electron chi connectivity index (χ2n) is 7.23. The van der Waals surface area contributed by atoms with E-state index in [4.69, 9.17) is 9.47 Å². The van der Waals surface area contributed by atoms with Gasteiger partial charge in [-0.15, -0.1) is 11.8 Å². The molecule has 0 spiro atoms. The number of thioether (sulfide) groups is 1. The van der Waals surface area contributed by atoms with Crippen LogP contribution in [0, 0.1) is 5.82 Å². The fourth-order valence-electron chi connectivity index (χ4n) is 4.13. The number of hydrogen-bond donors (Lipinski definition) is 2. The molecule has 0 bridgehead atoms. The maximum absolute atomic E-state index is 15.2. The lowest BCUT2D eigenvalue weighted by Crippen LogP contribution is -2.52. The summed E-state index contributed by atoms with van der Waals surface area (Å²) >= 11 is 1.63. The molecule has 29 heavy (non-hydrogen) atoms. The molecule has 4 nitrogen and oxygen atoms in total. The van der Waals surface area contributed by atoms with Crippen LogP contribution in [-0.4, -0.2) is 50.9 Å². The van der Waals surface area contributed by atoms with Crippen molar-refractivity contribution in [3.63, 3.8) is 0 Å². The smallest absolute Gasteiger partial charge is 0.131 e. The average molecular weight is 420 g/mol. The van der Waals surface area contributed by atoms with E-state index in [1.54, 1.807) is 24.9 Å². The van der Waals surface area contributed by atoms with Gasteiger partial charge in [0, 0.05) is 37.3 Å². The predicted molar refractivity (Wildman–Crippen MR) is 116 cm³/mol. The molecule has 2 aromatic carbocycles. The summed E-state index contributed by atoms with van der Waals surface area (Å²) in [7, 11) is 1.67. The topological polar surface area (TPSA) is 50.7 Å². The minimum atomic E-state index is -0.810. The third-order valence-corrected chi connectivity index (χ3v) is 6.32. The molecule has 2 atom stereocenters. The van der Waals surface area contributed by atoms with Crippen LogP contribution >= 0.6 is 11.8 Å². The number of benzene rings is 2. The van der Waals surface area contributed by atoms with Crippen LogP contribution < -0.4 is 5.32 Å². The molecule has 158 valence electrons. The summed E-state index contributed by atoms with van der Waals surface area (Å²) in [6.45, 7) is 2.13. The molecule has 0 saturated carbocycles. The van der Waals surface area contributed by atoms with E-state index in [9.17, 15) is 5.11 Å². The van der Waals surface area contributed by atoms with Gasteiger partial charge >= 0.3 is 0 Å². The van der Waals surface area contributed by atoms with Gasteiger partial charge in [0.2, 0.25) is 0 Å². The second-order valence-corrected chi connectivity index (χ2v) is 8.11. The molecule has 1 heterocycles. The number of nitrogens with one attached hydrogen (secondary N) is 1. The quantitative estimate of drug-likeness (QED) is 0.471. The first-order valence-corrected chi connectivity index (χ1v) is 11.3. The minimum Gasteiger partial charge on any atom is -0.396 e. The van der Waals surface area contributed by atoms with Gasteiger partial charge in [0.1, 0.15) is 17.5 Å². The van der Waals surface area contributed by atoms with E-state index in [0.29, 0.717) is 31.6 Å². The van der Waals surface area contributed by atoms with Crippen LogP contribution in [0.2, 0.25) is 0 Å². The van der Waals surface area contributed by atoms with Gasteiger partial charge in [-0.3, -0.25) is 0 Å². The van der Waals surface area contributed by atoms with E-state index in [2.05, 4.69) is 5.32 Å². The molecule has 1 fully saturated rings. The Morgan fingerprint density at radius 3 is 2.79 bits per heavy atom. The number of ether oxygens (including phenoxy) is 2. The van der Waals surface area contributed by atoms with Gasteiger partial charge in [0.25, 0.3) is 0 Å². The molecule has 2 N–H and O–H groups in total. The van der Waals surface area contributed by atoms with Gasteiger partial charge in [-0.2, -0.15) is 0 Å². The standard InChI is InChI=1S/C23H30FNO3S/c1-27-23(11-3-4-13-26,21-16-25-12-14-28-21)19-9-6-10-20(24)22(19)17-7-5-8-18(15-17)29-2/h5-10,15,21,25-26H,3-4,11-14,16H2,1-2H3/t21-,23-/m1/s1. The summed E-state index contributed by atoms with van der Waals surface area (Å²) in [5.74, 6) is -0.270. The molecule has 0 amide bonds. The molecule has 0 unspecified atom stereocenters. The van der Waals surface area contributed by atoms with Crippen LogP contribution in [0.15, 0.2) is 47.4 Å². The summed E-state index contributed by atoms with van der Waals surface area (Å²) in [4.78, 5) is 1.08. The second kappa shape index (κ2) is 10.5. The molecule has 0 radical (unpaired) electrons. The van der Waals surface area contributed by atoms with E-state index in [0.717, 1.165) is 29.0 Å². The van der Waals surface area contributed by atoms with Crippen molar-refractivity contribution in [3.8, 4) is 11.1 Å². The summed E-state index contributed by atoms with van der Waals surface area (Å²) < 4.78 is 27.5.